The van der Waals surface area contributed by atoms with Gasteiger partial charge in [-0.05, 0) is 45.1 Å². The monoisotopic (exact) mass is 221 g/mol. The molecule has 0 saturated heterocycles. The molecule has 1 aliphatic rings. The van der Waals surface area contributed by atoms with E-state index in [1.807, 2.05) is 11.7 Å². The molecule has 2 unspecified atom stereocenters. The van der Waals surface area contributed by atoms with Crippen molar-refractivity contribution in [2.24, 2.45) is 18.9 Å². The highest BCUT2D eigenvalue weighted by Gasteiger charge is 2.27. The minimum Gasteiger partial charge on any atom is -0.310 e. The molecule has 0 aromatic carbocycles. The molecular formula is C13H23N3. The molecule has 1 N–H and O–H groups in total. The Labute approximate surface area is 98.2 Å². The molecule has 0 radical (unpaired) electrons. The van der Waals surface area contributed by atoms with Gasteiger partial charge in [0, 0.05) is 24.8 Å². The Morgan fingerprint density at radius 2 is 2.19 bits per heavy atom. The van der Waals surface area contributed by atoms with Crippen LogP contribution in [0.1, 0.15) is 44.0 Å². The third-order valence-electron chi connectivity index (χ3n) is 3.69. The molecular weight excluding hydrogens is 198 g/mol. The second-order valence-electron chi connectivity index (χ2n) is 5.29. The lowest BCUT2D eigenvalue weighted by Gasteiger charge is -2.17. The number of nitrogens with zero attached hydrogens (tertiary/aromatic N) is 2. The Bertz CT molecular complexity index is 352. The van der Waals surface area contributed by atoms with Crippen LogP contribution in [0.15, 0.2) is 6.20 Å². The van der Waals surface area contributed by atoms with Gasteiger partial charge in [-0.15, -0.1) is 0 Å². The molecule has 1 aromatic heterocycles. The average Bonchev–Trinajstić information content (AvgIpc) is 3.01. The van der Waals surface area contributed by atoms with Crippen LogP contribution in [0.25, 0.3) is 0 Å². The lowest BCUT2D eigenvalue weighted by Crippen LogP contribution is -2.25. The Hall–Kier alpha value is -0.830. The lowest BCUT2D eigenvalue weighted by atomic mass is 10.0. The largest absolute Gasteiger partial charge is 0.310 e. The van der Waals surface area contributed by atoms with Gasteiger partial charge in [-0.2, -0.15) is 5.10 Å². The third-order valence-corrected chi connectivity index (χ3v) is 3.69. The van der Waals surface area contributed by atoms with Gasteiger partial charge in [-0.3, -0.25) is 4.68 Å². The van der Waals surface area contributed by atoms with E-state index >= 15 is 0 Å². The molecule has 90 valence electrons. The Balaban J connectivity index is 1.87. The molecule has 0 spiro atoms. The van der Waals surface area contributed by atoms with E-state index in [-0.39, 0.29) is 0 Å². The van der Waals surface area contributed by atoms with Gasteiger partial charge < -0.3 is 5.32 Å². The van der Waals surface area contributed by atoms with Crippen LogP contribution in [-0.4, -0.2) is 16.3 Å². The molecule has 3 nitrogen and oxygen atoms in total. The van der Waals surface area contributed by atoms with Gasteiger partial charge in [0.15, 0.2) is 0 Å². The average molecular weight is 221 g/mol. The predicted molar refractivity (Wildman–Crippen MR) is 66.3 cm³/mol. The number of rotatable bonds is 5. The summed E-state index contributed by atoms with van der Waals surface area (Å²) in [4.78, 5) is 0. The SMILES string of the molecule is Cc1nn(C)cc1C(C)NCC(C)C1CC1. The summed E-state index contributed by atoms with van der Waals surface area (Å²) in [6.07, 6.45) is 4.99. The Morgan fingerprint density at radius 3 is 2.69 bits per heavy atom. The van der Waals surface area contributed by atoms with Gasteiger partial charge in [-0.1, -0.05) is 6.92 Å². The summed E-state index contributed by atoms with van der Waals surface area (Å²) in [6.45, 7) is 7.79. The zero-order valence-electron chi connectivity index (χ0n) is 10.8. The summed E-state index contributed by atoms with van der Waals surface area (Å²) in [5, 5.41) is 8.00. The van der Waals surface area contributed by atoms with Crippen molar-refractivity contribution in [1.82, 2.24) is 15.1 Å². The third kappa shape index (κ3) is 2.64. The van der Waals surface area contributed by atoms with Crippen LogP contribution in [0.5, 0.6) is 0 Å². The van der Waals surface area contributed by atoms with Crippen molar-refractivity contribution >= 4 is 0 Å². The minimum absolute atomic E-state index is 0.412. The van der Waals surface area contributed by atoms with Gasteiger partial charge in [0.1, 0.15) is 0 Å². The van der Waals surface area contributed by atoms with Crippen molar-refractivity contribution in [3.63, 3.8) is 0 Å². The summed E-state index contributed by atoms with van der Waals surface area (Å²) in [5.74, 6) is 1.80. The van der Waals surface area contributed by atoms with E-state index in [9.17, 15) is 0 Å². The smallest absolute Gasteiger partial charge is 0.0641 e. The zero-order valence-corrected chi connectivity index (χ0v) is 10.8. The second kappa shape index (κ2) is 4.58. The number of aryl methyl sites for hydroxylation is 2. The normalized spacial score (nSPS) is 19.8. The predicted octanol–water partition coefficient (Wildman–Crippen LogP) is 2.43. The maximum absolute atomic E-state index is 4.38. The van der Waals surface area contributed by atoms with Gasteiger partial charge in [0.25, 0.3) is 0 Å². The molecule has 1 fully saturated rings. The van der Waals surface area contributed by atoms with Crippen molar-refractivity contribution in [3.8, 4) is 0 Å². The van der Waals surface area contributed by atoms with E-state index in [0.717, 1.165) is 24.1 Å². The topological polar surface area (TPSA) is 29.9 Å². The van der Waals surface area contributed by atoms with E-state index < -0.39 is 0 Å². The van der Waals surface area contributed by atoms with E-state index in [0.29, 0.717) is 6.04 Å². The summed E-state index contributed by atoms with van der Waals surface area (Å²) in [6, 6.07) is 0.412. The van der Waals surface area contributed by atoms with Crippen molar-refractivity contribution in [2.75, 3.05) is 6.54 Å². The van der Waals surface area contributed by atoms with Crippen molar-refractivity contribution in [2.45, 2.75) is 39.7 Å². The van der Waals surface area contributed by atoms with Gasteiger partial charge in [0.05, 0.1) is 5.69 Å². The van der Waals surface area contributed by atoms with Crippen molar-refractivity contribution in [1.29, 1.82) is 0 Å². The number of hydrogen-bond donors (Lipinski definition) is 1. The van der Waals surface area contributed by atoms with Crippen LogP contribution in [0.2, 0.25) is 0 Å². The van der Waals surface area contributed by atoms with E-state index in [2.05, 4.69) is 37.4 Å². The molecule has 1 aliphatic carbocycles. The molecule has 2 rings (SSSR count). The first kappa shape index (κ1) is 11.6. The molecule has 0 bridgehead atoms. The van der Waals surface area contributed by atoms with Gasteiger partial charge in [-0.25, -0.2) is 0 Å². The Morgan fingerprint density at radius 1 is 1.50 bits per heavy atom. The van der Waals surface area contributed by atoms with Crippen molar-refractivity contribution in [3.05, 3.63) is 17.5 Å². The van der Waals surface area contributed by atoms with Crippen LogP contribution >= 0.6 is 0 Å². The quantitative estimate of drug-likeness (QED) is 0.827. The maximum atomic E-state index is 4.38. The van der Waals surface area contributed by atoms with E-state index in [4.69, 9.17) is 0 Å². The molecule has 0 amide bonds. The first-order valence-electron chi connectivity index (χ1n) is 6.31. The Kier molecular flexibility index (Phi) is 3.33. The summed E-state index contributed by atoms with van der Waals surface area (Å²) in [7, 11) is 1.98. The van der Waals surface area contributed by atoms with Crippen molar-refractivity contribution < 1.29 is 0 Å². The molecule has 3 heteroatoms. The van der Waals surface area contributed by atoms with Gasteiger partial charge >= 0.3 is 0 Å². The highest BCUT2D eigenvalue weighted by atomic mass is 15.3. The second-order valence-corrected chi connectivity index (χ2v) is 5.29. The fourth-order valence-corrected chi connectivity index (χ4v) is 2.35. The minimum atomic E-state index is 0.412. The molecule has 0 aliphatic heterocycles. The summed E-state index contributed by atoms with van der Waals surface area (Å²) in [5.41, 5.74) is 2.46. The van der Waals surface area contributed by atoms with Crippen LogP contribution in [0.3, 0.4) is 0 Å². The highest BCUT2D eigenvalue weighted by molar-refractivity contribution is 5.19. The first-order chi connectivity index (χ1) is 7.58. The standard InChI is InChI=1S/C13H23N3/c1-9(12-5-6-12)7-14-10(2)13-8-16(4)15-11(13)3/h8-10,12,14H,5-7H2,1-4H3. The van der Waals surface area contributed by atoms with Crippen LogP contribution in [0.4, 0.5) is 0 Å². The lowest BCUT2D eigenvalue weighted by molar-refractivity contribution is 0.431. The van der Waals surface area contributed by atoms with Crippen LogP contribution in [-0.2, 0) is 7.05 Å². The fourth-order valence-electron chi connectivity index (χ4n) is 2.35. The van der Waals surface area contributed by atoms with Crippen LogP contribution in [0, 0.1) is 18.8 Å². The summed E-state index contributed by atoms with van der Waals surface area (Å²) < 4.78 is 1.90. The summed E-state index contributed by atoms with van der Waals surface area (Å²) >= 11 is 0. The van der Waals surface area contributed by atoms with E-state index in [1.165, 1.54) is 18.4 Å². The molecule has 2 atom stereocenters. The molecule has 1 heterocycles. The zero-order chi connectivity index (χ0) is 11.7. The molecule has 1 aromatic rings. The maximum Gasteiger partial charge on any atom is 0.0641 e. The fraction of sp³-hybridized carbons (Fsp3) is 0.769. The van der Waals surface area contributed by atoms with Gasteiger partial charge in [0.2, 0.25) is 0 Å². The first-order valence-corrected chi connectivity index (χ1v) is 6.31. The number of hydrogen-bond acceptors (Lipinski definition) is 2. The molecule has 16 heavy (non-hydrogen) atoms. The number of aromatic nitrogens is 2. The number of nitrogens with one attached hydrogen (secondary N) is 1. The highest BCUT2D eigenvalue weighted by Crippen LogP contribution is 2.36. The van der Waals surface area contributed by atoms with Crippen LogP contribution < -0.4 is 5.32 Å². The van der Waals surface area contributed by atoms with E-state index in [1.54, 1.807) is 0 Å². The molecule has 1 saturated carbocycles.